The lowest BCUT2D eigenvalue weighted by Gasteiger charge is -2.07. The molecule has 0 atom stereocenters. The molecule has 0 amide bonds. The molecule has 4 nitrogen and oxygen atoms in total. The predicted octanol–water partition coefficient (Wildman–Crippen LogP) is 0.837. The molecule has 0 aliphatic rings. The molecule has 0 bridgehead atoms. The highest BCUT2D eigenvalue weighted by molar-refractivity contribution is 5.30. The summed E-state index contributed by atoms with van der Waals surface area (Å²) in [5.74, 6) is 0. The van der Waals surface area contributed by atoms with Crippen molar-refractivity contribution in [1.29, 1.82) is 5.26 Å². The van der Waals surface area contributed by atoms with Crippen LogP contribution in [0.15, 0.2) is 10.9 Å². The number of nitrogens with two attached hydrogens (primary N) is 1. The molecule has 15 heavy (non-hydrogen) atoms. The summed E-state index contributed by atoms with van der Waals surface area (Å²) >= 11 is 0. The Morgan fingerprint density at radius 3 is 2.73 bits per heavy atom. The van der Waals surface area contributed by atoms with E-state index in [-0.39, 0.29) is 24.2 Å². The number of nitrogens with zero attached hydrogens (tertiary/aromatic N) is 1. The van der Waals surface area contributed by atoms with Crippen LogP contribution in [0.5, 0.6) is 0 Å². The molecule has 0 radical (unpaired) electrons. The van der Waals surface area contributed by atoms with Crippen LogP contribution in [0.3, 0.4) is 0 Å². The fourth-order valence-electron chi connectivity index (χ4n) is 1.23. The summed E-state index contributed by atoms with van der Waals surface area (Å²) in [7, 11) is 0. The SMILES string of the molecule is N#CCc1c(C(F)F)cc(CN)[nH]c1=O. The van der Waals surface area contributed by atoms with Crippen LogP contribution >= 0.6 is 0 Å². The van der Waals surface area contributed by atoms with E-state index in [2.05, 4.69) is 4.98 Å². The van der Waals surface area contributed by atoms with Crippen molar-refractivity contribution < 1.29 is 8.78 Å². The molecule has 1 aromatic rings. The highest BCUT2D eigenvalue weighted by atomic mass is 19.3. The van der Waals surface area contributed by atoms with Crippen LogP contribution in [0.2, 0.25) is 0 Å². The van der Waals surface area contributed by atoms with Gasteiger partial charge in [-0.05, 0) is 6.07 Å². The van der Waals surface area contributed by atoms with Crippen molar-refractivity contribution >= 4 is 0 Å². The molecular formula is C9H9F2N3O. The van der Waals surface area contributed by atoms with Crippen LogP contribution in [0.4, 0.5) is 8.78 Å². The highest BCUT2D eigenvalue weighted by Gasteiger charge is 2.16. The molecule has 80 valence electrons. The Morgan fingerprint density at radius 1 is 1.60 bits per heavy atom. The Balaban J connectivity index is 3.37. The van der Waals surface area contributed by atoms with Crippen LogP contribution < -0.4 is 11.3 Å². The van der Waals surface area contributed by atoms with E-state index < -0.39 is 17.5 Å². The van der Waals surface area contributed by atoms with E-state index in [9.17, 15) is 13.6 Å². The first kappa shape index (κ1) is 11.3. The van der Waals surface area contributed by atoms with Crippen molar-refractivity contribution in [3.63, 3.8) is 0 Å². The van der Waals surface area contributed by atoms with E-state index in [4.69, 9.17) is 11.0 Å². The quantitative estimate of drug-likeness (QED) is 0.780. The van der Waals surface area contributed by atoms with Gasteiger partial charge in [-0.15, -0.1) is 0 Å². The van der Waals surface area contributed by atoms with Crippen LogP contribution in [0, 0.1) is 11.3 Å². The van der Waals surface area contributed by atoms with Crippen molar-refractivity contribution in [2.75, 3.05) is 0 Å². The molecule has 0 saturated heterocycles. The van der Waals surface area contributed by atoms with E-state index in [0.717, 1.165) is 6.07 Å². The van der Waals surface area contributed by atoms with Gasteiger partial charge in [-0.25, -0.2) is 8.78 Å². The van der Waals surface area contributed by atoms with Gasteiger partial charge in [0.05, 0.1) is 12.5 Å². The monoisotopic (exact) mass is 213 g/mol. The second-order valence-corrected chi connectivity index (χ2v) is 2.90. The molecule has 0 saturated carbocycles. The zero-order valence-electron chi connectivity index (χ0n) is 7.76. The topological polar surface area (TPSA) is 82.7 Å². The van der Waals surface area contributed by atoms with Crippen molar-refractivity contribution in [3.05, 3.63) is 33.2 Å². The molecule has 0 spiro atoms. The van der Waals surface area contributed by atoms with Gasteiger partial charge >= 0.3 is 0 Å². The number of hydrogen-bond donors (Lipinski definition) is 2. The molecule has 1 heterocycles. The highest BCUT2D eigenvalue weighted by Crippen LogP contribution is 2.21. The molecule has 0 aromatic carbocycles. The Bertz CT molecular complexity index is 448. The third-order valence-corrected chi connectivity index (χ3v) is 1.94. The van der Waals surface area contributed by atoms with E-state index in [1.54, 1.807) is 6.07 Å². The number of nitriles is 1. The van der Waals surface area contributed by atoms with Gasteiger partial charge in [0.15, 0.2) is 0 Å². The summed E-state index contributed by atoms with van der Waals surface area (Å²) in [6.45, 7) is -0.0260. The zero-order valence-corrected chi connectivity index (χ0v) is 7.76. The van der Waals surface area contributed by atoms with Gasteiger partial charge < -0.3 is 10.7 Å². The number of nitrogens with one attached hydrogen (secondary N) is 1. The third kappa shape index (κ3) is 2.39. The number of halogens is 2. The van der Waals surface area contributed by atoms with Crippen LogP contribution in [-0.2, 0) is 13.0 Å². The fraction of sp³-hybridized carbons (Fsp3) is 0.333. The summed E-state index contributed by atoms with van der Waals surface area (Å²) in [6, 6.07) is 2.80. The third-order valence-electron chi connectivity index (χ3n) is 1.94. The maximum Gasteiger partial charge on any atom is 0.264 e. The normalized spacial score (nSPS) is 10.3. The molecule has 0 fully saturated rings. The van der Waals surface area contributed by atoms with Crippen LogP contribution in [0.25, 0.3) is 0 Å². The zero-order chi connectivity index (χ0) is 11.4. The molecule has 0 aliphatic heterocycles. The first-order chi connectivity index (χ1) is 7.10. The van der Waals surface area contributed by atoms with Gasteiger partial charge in [0, 0.05) is 23.4 Å². The molecule has 1 rings (SSSR count). The number of rotatable bonds is 3. The summed E-state index contributed by atoms with van der Waals surface area (Å²) in [5.41, 5.74) is 4.19. The molecular weight excluding hydrogens is 204 g/mol. The average Bonchev–Trinajstić information content (AvgIpc) is 2.20. The summed E-state index contributed by atoms with van der Waals surface area (Å²) in [4.78, 5) is 13.7. The molecule has 0 unspecified atom stereocenters. The minimum absolute atomic E-state index is 0.0260. The van der Waals surface area contributed by atoms with E-state index in [1.165, 1.54) is 0 Å². The maximum atomic E-state index is 12.5. The van der Waals surface area contributed by atoms with Gasteiger partial charge in [-0.1, -0.05) is 0 Å². The lowest BCUT2D eigenvalue weighted by molar-refractivity contribution is 0.150. The summed E-state index contributed by atoms with van der Waals surface area (Å²) in [6.07, 6.45) is -3.11. The Hall–Kier alpha value is -1.74. The molecule has 3 N–H and O–H groups in total. The van der Waals surface area contributed by atoms with E-state index in [1.807, 2.05) is 0 Å². The van der Waals surface area contributed by atoms with Crippen molar-refractivity contribution in [1.82, 2.24) is 4.98 Å². The lowest BCUT2D eigenvalue weighted by atomic mass is 10.1. The minimum Gasteiger partial charge on any atom is -0.325 e. The lowest BCUT2D eigenvalue weighted by Crippen LogP contribution is -2.19. The smallest absolute Gasteiger partial charge is 0.264 e. The fourth-order valence-corrected chi connectivity index (χ4v) is 1.23. The molecule has 0 aliphatic carbocycles. The Kier molecular flexibility index (Phi) is 3.52. The van der Waals surface area contributed by atoms with Crippen molar-refractivity contribution in [3.8, 4) is 6.07 Å². The number of aromatic amines is 1. The van der Waals surface area contributed by atoms with Crippen LogP contribution in [-0.4, -0.2) is 4.98 Å². The number of hydrogen-bond acceptors (Lipinski definition) is 3. The van der Waals surface area contributed by atoms with Gasteiger partial charge in [-0.2, -0.15) is 5.26 Å². The first-order valence-corrected chi connectivity index (χ1v) is 4.20. The Morgan fingerprint density at radius 2 is 2.27 bits per heavy atom. The van der Waals surface area contributed by atoms with Gasteiger partial charge in [0.25, 0.3) is 12.0 Å². The van der Waals surface area contributed by atoms with Gasteiger partial charge in [0.2, 0.25) is 0 Å². The number of pyridine rings is 1. The van der Waals surface area contributed by atoms with Gasteiger partial charge in [-0.3, -0.25) is 4.79 Å². The van der Waals surface area contributed by atoms with E-state index in [0.29, 0.717) is 0 Å². The summed E-state index contributed by atoms with van der Waals surface area (Å²) < 4.78 is 25.1. The van der Waals surface area contributed by atoms with E-state index >= 15 is 0 Å². The summed E-state index contributed by atoms with van der Waals surface area (Å²) in [5, 5.41) is 8.40. The van der Waals surface area contributed by atoms with Crippen LogP contribution in [0.1, 0.15) is 23.2 Å². The average molecular weight is 213 g/mol. The molecule has 1 aromatic heterocycles. The number of aromatic nitrogens is 1. The standard InChI is InChI=1S/C9H9F2N3O/c10-8(11)7-3-5(4-13)14-9(15)6(7)1-2-12/h3,8H,1,4,13H2,(H,14,15). The van der Waals surface area contributed by atoms with Crippen molar-refractivity contribution in [2.45, 2.75) is 19.4 Å². The second kappa shape index (κ2) is 4.66. The first-order valence-electron chi connectivity index (χ1n) is 4.20. The minimum atomic E-state index is -2.78. The van der Waals surface area contributed by atoms with Crippen molar-refractivity contribution in [2.24, 2.45) is 5.73 Å². The largest absolute Gasteiger partial charge is 0.325 e. The number of H-pyrrole nitrogens is 1. The maximum absolute atomic E-state index is 12.5. The molecule has 6 heteroatoms. The second-order valence-electron chi connectivity index (χ2n) is 2.90. The predicted molar refractivity (Wildman–Crippen MR) is 49.2 cm³/mol. The Labute approximate surface area is 84.3 Å². The van der Waals surface area contributed by atoms with Gasteiger partial charge in [0.1, 0.15) is 0 Å². The number of alkyl halides is 2.